The third kappa shape index (κ3) is 6.03. The molecule has 0 spiro atoms. The molecule has 1 amide bonds. The van der Waals surface area contributed by atoms with Crippen molar-refractivity contribution in [3.8, 4) is 0 Å². The molecule has 0 aliphatic carbocycles. The highest BCUT2D eigenvalue weighted by molar-refractivity contribution is 7.89. The molecular weight excluding hydrogens is 424 g/mol. The Balaban J connectivity index is 1.75. The van der Waals surface area contributed by atoms with Crippen LogP contribution in [0.2, 0.25) is 0 Å². The van der Waals surface area contributed by atoms with Crippen molar-refractivity contribution in [2.24, 2.45) is 0 Å². The van der Waals surface area contributed by atoms with E-state index in [2.05, 4.69) is 34.3 Å². The van der Waals surface area contributed by atoms with Crippen LogP contribution in [0.4, 0.5) is 0 Å². The van der Waals surface area contributed by atoms with Crippen LogP contribution in [-0.2, 0) is 14.8 Å². The second kappa shape index (κ2) is 11.0. The van der Waals surface area contributed by atoms with Crippen LogP contribution in [-0.4, -0.2) is 40.6 Å². The fourth-order valence-corrected chi connectivity index (χ4v) is 4.62. The number of benzene rings is 3. The van der Waals surface area contributed by atoms with E-state index < -0.39 is 10.0 Å². The highest BCUT2D eigenvalue weighted by Gasteiger charge is 2.23. The summed E-state index contributed by atoms with van der Waals surface area (Å²) in [4.78, 5) is 13.0. The van der Waals surface area contributed by atoms with Crippen LogP contribution >= 0.6 is 0 Å². The maximum atomic E-state index is 12.9. The van der Waals surface area contributed by atoms with E-state index >= 15 is 0 Å². The number of hydrogen-bond acceptors (Lipinski definition) is 4. The van der Waals surface area contributed by atoms with Crippen LogP contribution in [0, 0.1) is 0 Å². The normalized spacial score (nSPS) is 12.5. The average molecular weight is 453 g/mol. The minimum Gasteiger partial charge on any atom is -0.383 e. The zero-order valence-electron chi connectivity index (χ0n) is 18.2. The van der Waals surface area contributed by atoms with Gasteiger partial charge in [-0.3, -0.25) is 4.79 Å². The van der Waals surface area contributed by atoms with Crippen molar-refractivity contribution in [2.75, 3.05) is 20.3 Å². The summed E-state index contributed by atoms with van der Waals surface area (Å²) in [6, 6.07) is 25.8. The lowest BCUT2D eigenvalue weighted by atomic mass is 9.85. The average Bonchev–Trinajstić information content (AvgIpc) is 2.81. The molecular formula is C25H28N2O4S. The molecule has 6 nitrogen and oxygen atoms in total. The minimum absolute atomic E-state index is 0.0222. The molecule has 7 heteroatoms. The van der Waals surface area contributed by atoms with Gasteiger partial charge in [-0.15, -0.1) is 0 Å². The second-order valence-corrected chi connectivity index (χ2v) is 9.24. The maximum Gasteiger partial charge on any atom is 0.251 e. The first-order chi connectivity index (χ1) is 15.4. The molecule has 3 aromatic carbocycles. The highest BCUT2D eigenvalue weighted by Crippen LogP contribution is 2.28. The summed E-state index contributed by atoms with van der Waals surface area (Å²) < 4.78 is 31.9. The monoisotopic (exact) mass is 452 g/mol. The number of methoxy groups -OCH3 is 1. The van der Waals surface area contributed by atoms with E-state index in [4.69, 9.17) is 4.74 Å². The first kappa shape index (κ1) is 23.7. The first-order valence-corrected chi connectivity index (χ1v) is 11.9. The van der Waals surface area contributed by atoms with Crippen LogP contribution < -0.4 is 10.0 Å². The number of carbonyl (C=O) groups is 1. The Labute approximate surface area is 189 Å². The van der Waals surface area contributed by atoms with E-state index in [1.165, 1.54) is 31.4 Å². The van der Waals surface area contributed by atoms with Gasteiger partial charge in [0.1, 0.15) is 0 Å². The highest BCUT2D eigenvalue weighted by atomic mass is 32.2. The minimum atomic E-state index is -3.65. The van der Waals surface area contributed by atoms with Crippen molar-refractivity contribution in [1.82, 2.24) is 10.0 Å². The van der Waals surface area contributed by atoms with Gasteiger partial charge in [0.25, 0.3) is 5.91 Å². The van der Waals surface area contributed by atoms with Gasteiger partial charge in [-0.05, 0) is 42.3 Å². The summed E-state index contributed by atoms with van der Waals surface area (Å²) in [5, 5.41) is 3.07. The molecule has 2 N–H and O–H groups in total. The van der Waals surface area contributed by atoms with E-state index in [1.807, 2.05) is 43.3 Å². The molecule has 3 rings (SSSR count). The third-order valence-corrected chi connectivity index (χ3v) is 6.68. The lowest BCUT2D eigenvalue weighted by molar-refractivity contribution is 0.0937. The predicted molar refractivity (Wildman–Crippen MR) is 125 cm³/mol. The SMILES string of the molecule is COCCNS(=O)(=O)c1ccc(C(=O)NC(C)C(c2ccccc2)c2ccccc2)cc1. The largest absolute Gasteiger partial charge is 0.383 e. The molecule has 0 radical (unpaired) electrons. The third-order valence-electron chi connectivity index (χ3n) is 5.20. The van der Waals surface area contributed by atoms with Crippen molar-refractivity contribution >= 4 is 15.9 Å². The van der Waals surface area contributed by atoms with Gasteiger partial charge in [-0.25, -0.2) is 13.1 Å². The summed E-state index contributed by atoms with van der Waals surface area (Å²) in [6.45, 7) is 2.43. The van der Waals surface area contributed by atoms with E-state index in [0.29, 0.717) is 5.56 Å². The molecule has 0 aliphatic rings. The Morgan fingerprint density at radius 1 is 0.875 bits per heavy atom. The molecule has 1 atom stereocenters. The molecule has 168 valence electrons. The van der Waals surface area contributed by atoms with Gasteiger partial charge < -0.3 is 10.1 Å². The van der Waals surface area contributed by atoms with Crippen molar-refractivity contribution in [3.63, 3.8) is 0 Å². The van der Waals surface area contributed by atoms with Gasteiger partial charge in [-0.2, -0.15) is 0 Å². The summed E-state index contributed by atoms with van der Waals surface area (Å²) in [7, 11) is -2.14. The number of sulfonamides is 1. The molecule has 0 fully saturated rings. The topological polar surface area (TPSA) is 84.5 Å². The Hall–Kier alpha value is -3.00. The van der Waals surface area contributed by atoms with Gasteiger partial charge in [-0.1, -0.05) is 60.7 Å². The number of ether oxygens (including phenoxy) is 1. The number of hydrogen-bond donors (Lipinski definition) is 2. The Kier molecular flexibility index (Phi) is 8.16. The van der Waals surface area contributed by atoms with E-state index in [1.54, 1.807) is 0 Å². The molecule has 0 saturated heterocycles. The van der Waals surface area contributed by atoms with Crippen LogP contribution in [0.15, 0.2) is 89.8 Å². The molecule has 0 saturated carbocycles. The van der Waals surface area contributed by atoms with Crippen molar-refractivity contribution in [1.29, 1.82) is 0 Å². The van der Waals surface area contributed by atoms with Gasteiger partial charge in [0, 0.05) is 31.2 Å². The van der Waals surface area contributed by atoms with E-state index in [0.717, 1.165) is 11.1 Å². The molecule has 0 aliphatic heterocycles. The Bertz CT molecular complexity index is 1060. The zero-order chi connectivity index (χ0) is 23.0. The smallest absolute Gasteiger partial charge is 0.251 e. The van der Waals surface area contributed by atoms with Gasteiger partial charge in [0.2, 0.25) is 10.0 Å². The summed E-state index contributed by atoms with van der Waals surface area (Å²) >= 11 is 0. The first-order valence-electron chi connectivity index (χ1n) is 10.4. The number of amides is 1. The number of nitrogens with one attached hydrogen (secondary N) is 2. The van der Waals surface area contributed by atoms with Crippen LogP contribution in [0.5, 0.6) is 0 Å². The zero-order valence-corrected chi connectivity index (χ0v) is 19.0. The molecule has 0 heterocycles. The fourth-order valence-electron chi connectivity index (χ4n) is 3.61. The van der Waals surface area contributed by atoms with E-state index in [9.17, 15) is 13.2 Å². The number of carbonyl (C=O) groups excluding carboxylic acids is 1. The second-order valence-electron chi connectivity index (χ2n) is 7.48. The quantitative estimate of drug-likeness (QED) is 0.461. The van der Waals surface area contributed by atoms with Crippen molar-refractivity contribution < 1.29 is 17.9 Å². The maximum absolute atomic E-state index is 12.9. The van der Waals surface area contributed by atoms with Gasteiger partial charge in [0.15, 0.2) is 0 Å². The van der Waals surface area contributed by atoms with Crippen LogP contribution in [0.1, 0.15) is 34.3 Å². The van der Waals surface area contributed by atoms with Crippen LogP contribution in [0.25, 0.3) is 0 Å². The van der Waals surface area contributed by atoms with Crippen molar-refractivity contribution in [3.05, 3.63) is 102 Å². The van der Waals surface area contributed by atoms with Gasteiger partial charge in [0.05, 0.1) is 11.5 Å². The Morgan fingerprint density at radius 2 is 1.41 bits per heavy atom. The van der Waals surface area contributed by atoms with Crippen LogP contribution in [0.3, 0.4) is 0 Å². The molecule has 1 unspecified atom stereocenters. The summed E-state index contributed by atoms with van der Waals surface area (Å²) in [6.07, 6.45) is 0. The summed E-state index contributed by atoms with van der Waals surface area (Å²) in [5.41, 5.74) is 2.61. The fraction of sp³-hybridized carbons (Fsp3) is 0.240. The lowest BCUT2D eigenvalue weighted by Gasteiger charge is -2.26. The molecule has 3 aromatic rings. The number of rotatable bonds is 10. The van der Waals surface area contributed by atoms with Crippen molar-refractivity contribution in [2.45, 2.75) is 23.8 Å². The standard InChI is InChI=1S/C25H28N2O4S/c1-19(24(20-9-5-3-6-10-20)21-11-7-4-8-12-21)27-25(28)22-13-15-23(16-14-22)32(29,30)26-17-18-31-2/h3-16,19,24,26H,17-18H2,1-2H3,(H,27,28). The molecule has 0 bridgehead atoms. The van der Waals surface area contributed by atoms with Gasteiger partial charge >= 0.3 is 0 Å². The Morgan fingerprint density at radius 3 is 1.91 bits per heavy atom. The predicted octanol–water partition coefficient (Wildman–Crippen LogP) is 3.56. The molecule has 0 aromatic heterocycles. The summed E-state index contributed by atoms with van der Waals surface area (Å²) in [5.74, 6) is -0.281. The molecule has 32 heavy (non-hydrogen) atoms. The van der Waals surface area contributed by atoms with E-state index in [-0.39, 0.29) is 35.9 Å². The lowest BCUT2D eigenvalue weighted by Crippen LogP contribution is -2.37.